The maximum atomic E-state index is 12.1. The third-order valence-corrected chi connectivity index (χ3v) is 3.89. The van der Waals surface area contributed by atoms with Crippen LogP contribution in [0.3, 0.4) is 0 Å². The lowest BCUT2D eigenvalue weighted by molar-refractivity contribution is -0.116. The average Bonchev–Trinajstić information content (AvgIpc) is 3.03. The summed E-state index contributed by atoms with van der Waals surface area (Å²) in [4.78, 5) is 25.8. The molecule has 0 atom stereocenters. The molecule has 0 bridgehead atoms. The summed E-state index contributed by atoms with van der Waals surface area (Å²) in [5, 5.41) is 5.89. The van der Waals surface area contributed by atoms with Gasteiger partial charge in [0.15, 0.2) is 0 Å². The number of piperidine rings is 1. The maximum absolute atomic E-state index is 12.1. The monoisotopic (exact) mass is 333 g/mol. The van der Waals surface area contributed by atoms with Crippen molar-refractivity contribution in [2.45, 2.75) is 39.2 Å². The Morgan fingerprint density at radius 3 is 2.62 bits per heavy atom. The second kappa shape index (κ2) is 8.04. The zero-order valence-electron chi connectivity index (χ0n) is 14.7. The van der Waals surface area contributed by atoms with Gasteiger partial charge in [0.1, 0.15) is 5.76 Å². The van der Waals surface area contributed by atoms with Crippen molar-refractivity contribution in [2.24, 2.45) is 5.92 Å². The number of nitrogens with zero attached hydrogens (tertiary/aromatic N) is 1. The number of furan rings is 1. The van der Waals surface area contributed by atoms with Crippen molar-refractivity contribution in [3.63, 3.8) is 0 Å². The van der Waals surface area contributed by atoms with E-state index in [9.17, 15) is 9.59 Å². The van der Waals surface area contributed by atoms with Crippen LogP contribution in [0.25, 0.3) is 6.08 Å². The fourth-order valence-corrected chi connectivity index (χ4v) is 2.59. The number of hydrogen-bond acceptors (Lipinski definition) is 3. The molecule has 0 saturated carbocycles. The molecule has 1 fully saturated rings. The first-order valence-electron chi connectivity index (χ1n) is 8.40. The van der Waals surface area contributed by atoms with Gasteiger partial charge in [-0.05, 0) is 57.7 Å². The van der Waals surface area contributed by atoms with Crippen LogP contribution in [-0.4, -0.2) is 42.0 Å². The third kappa shape index (κ3) is 6.10. The number of hydrogen-bond donors (Lipinski definition) is 2. The smallest absolute Gasteiger partial charge is 0.317 e. The Morgan fingerprint density at radius 2 is 2.04 bits per heavy atom. The van der Waals surface area contributed by atoms with E-state index in [0.717, 1.165) is 25.9 Å². The summed E-state index contributed by atoms with van der Waals surface area (Å²) in [5.74, 6) is 0.937. The Balaban J connectivity index is 1.67. The lowest BCUT2D eigenvalue weighted by atomic mass is 9.97. The molecule has 1 aromatic rings. The highest BCUT2D eigenvalue weighted by atomic mass is 16.3. The number of likely N-dealkylation sites (tertiary alicyclic amines) is 1. The van der Waals surface area contributed by atoms with Gasteiger partial charge < -0.3 is 20.0 Å². The summed E-state index contributed by atoms with van der Waals surface area (Å²) in [7, 11) is 0. The SMILES string of the molecule is CC(C)(C)NC(=O)N1CCC(CNC(=O)C=Cc2ccco2)CC1. The van der Waals surface area contributed by atoms with Crippen LogP contribution >= 0.6 is 0 Å². The first-order chi connectivity index (χ1) is 11.3. The van der Waals surface area contributed by atoms with Gasteiger partial charge in [-0.25, -0.2) is 4.79 Å². The molecule has 2 rings (SSSR count). The minimum atomic E-state index is -0.220. The van der Waals surface area contributed by atoms with Gasteiger partial charge in [-0.15, -0.1) is 0 Å². The van der Waals surface area contributed by atoms with Crippen molar-refractivity contribution < 1.29 is 14.0 Å². The molecule has 0 spiro atoms. The van der Waals surface area contributed by atoms with Crippen molar-refractivity contribution in [2.75, 3.05) is 19.6 Å². The lowest BCUT2D eigenvalue weighted by Crippen LogP contribution is -2.51. The number of carbonyl (C=O) groups is 2. The summed E-state index contributed by atoms with van der Waals surface area (Å²) in [5.41, 5.74) is -0.220. The molecule has 132 valence electrons. The third-order valence-electron chi connectivity index (χ3n) is 3.89. The van der Waals surface area contributed by atoms with Gasteiger partial charge in [0.2, 0.25) is 5.91 Å². The van der Waals surface area contributed by atoms with Gasteiger partial charge in [0.05, 0.1) is 6.26 Å². The molecule has 2 heterocycles. The Hall–Kier alpha value is -2.24. The zero-order chi connectivity index (χ0) is 17.6. The molecule has 24 heavy (non-hydrogen) atoms. The van der Waals surface area contributed by atoms with Crippen LogP contribution in [0.4, 0.5) is 4.79 Å². The molecule has 1 aliphatic rings. The van der Waals surface area contributed by atoms with Gasteiger partial charge in [0.25, 0.3) is 0 Å². The molecule has 3 amide bonds. The lowest BCUT2D eigenvalue weighted by Gasteiger charge is -2.34. The van der Waals surface area contributed by atoms with Crippen molar-refractivity contribution in [1.82, 2.24) is 15.5 Å². The second-order valence-electron chi connectivity index (χ2n) is 7.20. The first kappa shape index (κ1) is 18.1. The van der Waals surface area contributed by atoms with Crippen LogP contribution < -0.4 is 10.6 Å². The molecule has 1 aliphatic heterocycles. The average molecular weight is 333 g/mol. The number of nitrogens with one attached hydrogen (secondary N) is 2. The van der Waals surface area contributed by atoms with Crippen molar-refractivity contribution >= 4 is 18.0 Å². The fourth-order valence-electron chi connectivity index (χ4n) is 2.59. The summed E-state index contributed by atoms with van der Waals surface area (Å²) in [6, 6.07) is 3.56. The molecule has 6 heteroatoms. The van der Waals surface area contributed by atoms with Crippen LogP contribution in [-0.2, 0) is 4.79 Å². The van der Waals surface area contributed by atoms with E-state index in [-0.39, 0.29) is 17.5 Å². The normalized spacial score (nSPS) is 16.4. The maximum Gasteiger partial charge on any atom is 0.317 e. The second-order valence-corrected chi connectivity index (χ2v) is 7.20. The largest absolute Gasteiger partial charge is 0.465 e. The highest BCUT2D eigenvalue weighted by Crippen LogP contribution is 2.17. The van der Waals surface area contributed by atoms with Crippen LogP contribution in [0.15, 0.2) is 28.9 Å². The molecular weight excluding hydrogens is 306 g/mol. The predicted molar refractivity (Wildman–Crippen MR) is 93.3 cm³/mol. The number of carbonyl (C=O) groups excluding carboxylic acids is 2. The van der Waals surface area contributed by atoms with E-state index in [2.05, 4.69) is 10.6 Å². The Labute approximate surface area is 143 Å². The quantitative estimate of drug-likeness (QED) is 0.832. The fraction of sp³-hybridized carbons (Fsp3) is 0.556. The Morgan fingerprint density at radius 1 is 1.33 bits per heavy atom. The molecule has 6 nitrogen and oxygen atoms in total. The van der Waals surface area contributed by atoms with Gasteiger partial charge in [-0.1, -0.05) is 0 Å². The molecule has 1 saturated heterocycles. The molecule has 0 aliphatic carbocycles. The van der Waals surface area contributed by atoms with Crippen LogP contribution in [0.5, 0.6) is 0 Å². The van der Waals surface area contributed by atoms with E-state index in [1.165, 1.54) is 6.08 Å². The van der Waals surface area contributed by atoms with Crippen molar-refractivity contribution in [3.8, 4) is 0 Å². The first-order valence-corrected chi connectivity index (χ1v) is 8.40. The summed E-state index contributed by atoms with van der Waals surface area (Å²) >= 11 is 0. The Kier molecular flexibility index (Phi) is 6.06. The highest BCUT2D eigenvalue weighted by molar-refractivity contribution is 5.91. The molecular formula is C18H27N3O3. The van der Waals surface area contributed by atoms with Crippen LogP contribution in [0.1, 0.15) is 39.4 Å². The number of urea groups is 1. The van der Waals surface area contributed by atoms with E-state index in [1.807, 2.05) is 25.7 Å². The minimum Gasteiger partial charge on any atom is -0.465 e. The van der Waals surface area contributed by atoms with E-state index < -0.39 is 0 Å². The standard InChI is InChI=1S/C18H27N3O3/c1-18(2,3)20-17(23)21-10-8-14(9-11-21)13-19-16(22)7-6-15-5-4-12-24-15/h4-7,12,14H,8-11,13H2,1-3H3,(H,19,22)(H,20,23). The predicted octanol–water partition coefficient (Wildman–Crippen LogP) is 2.63. The van der Waals surface area contributed by atoms with Crippen molar-refractivity contribution in [3.05, 3.63) is 30.2 Å². The summed E-state index contributed by atoms with van der Waals surface area (Å²) < 4.78 is 5.14. The Bertz CT molecular complexity index is 565. The zero-order valence-corrected chi connectivity index (χ0v) is 14.7. The molecule has 0 aromatic carbocycles. The topological polar surface area (TPSA) is 74.6 Å². The van der Waals surface area contributed by atoms with Gasteiger partial charge in [-0.2, -0.15) is 0 Å². The van der Waals surface area contributed by atoms with E-state index in [4.69, 9.17) is 4.42 Å². The number of amides is 3. The van der Waals surface area contributed by atoms with E-state index in [1.54, 1.807) is 24.5 Å². The minimum absolute atomic E-state index is 0.00799. The summed E-state index contributed by atoms with van der Waals surface area (Å²) in [6.07, 6.45) is 6.50. The molecule has 0 unspecified atom stereocenters. The van der Waals surface area contributed by atoms with E-state index in [0.29, 0.717) is 18.2 Å². The van der Waals surface area contributed by atoms with Gasteiger partial charge >= 0.3 is 6.03 Å². The molecule has 0 radical (unpaired) electrons. The molecule has 2 N–H and O–H groups in total. The van der Waals surface area contributed by atoms with Gasteiger partial charge in [0, 0.05) is 31.2 Å². The van der Waals surface area contributed by atoms with Crippen LogP contribution in [0.2, 0.25) is 0 Å². The van der Waals surface area contributed by atoms with Crippen molar-refractivity contribution in [1.29, 1.82) is 0 Å². The van der Waals surface area contributed by atoms with E-state index >= 15 is 0 Å². The molecule has 1 aromatic heterocycles. The highest BCUT2D eigenvalue weighted by Gasteiger charge is 2.25. The van der Waals surface area contributed by atoms with Crippen LogP contribution in [0, 0.1) is 5.92 Å². The summed E-state index contributed by atoms with van der Waals surface area (Å²) in [6.45, 7) is 8.02. The number of rotatable bonds is 4. The van der Waals surface area contributed by atoms with Gasteiger partial charge in [-0.3, -0.25) is 4.79 Å².